The first-order chi connectivity index (χ1) is 40.1. The Morgan fingerprint density at radius 3 is 1.34 bits per heavy atom. The first kappa shape index (κ1) is 70.8. The van der Waals surface area contributed by atoms with Crippen LogP contribution in [0.25, 0.3) is 0 Å². The van der Waals surface area contributed by atoms with Crippen LogP contribution in [0, 0.1) is 0 Å². The highest BCUT2D eigenvalue weighted by molar-refractivity contribution is 7.84. The van der Waals surface area contributed by atoms with E-state index in [4.69, 9.17) is 38.1 Å². The number of nitrogens with zero attached hydrogens (tertiary/aromatic N) is 7. The van der Waals surface area contributed by atoms with Crippen LogP contribution in [-0.4, -0.2) is 205 Å². The lowest BCUT2D eigenvalue weighted by atomic mass is 9.97. The molecule has 0 aliphatic carbocycles. The molecule has 2 aromatic heterocycles. The average molecular weight is 1300 g/mol. The van der Waals surface area contributed by atoms with Gasteiger partial charge >= 0.3 is 46.6 Å². The minimum atomic E-state index is -5.07. The van der Waals surface area contributed by atoms with Gasteiger partial charge in [0.25, 0.3) is 17.7 Å². The summed E-state index contributed by atoms with van der Waals surface area (Å²) in [7, 11) is -5.07. The van der Waals surface area contributed by atoms with Crippen molar-refractivity contribution in [2.75, 3.05) is 36.8 Å². The van der Waals surface area contributed by atoms with Gasteiger partial charge in [0.2, 0.25) is 17.1 Å². The van der Waals surface area contributed by atoms with Gasteiger partial charge in [0.15, 0.2) is 21.7 Å². The van der Waals surface area contributed by atoms with E-state index < -0.39 is 146 Å². The molecule has 0 radical (unpaired) electrons. The van der Waals surface area contributed by atoms with Gasteiger partial charge in [-0.1, -0.05) is 10.3 Å². The largest absolute Gasteiger partial charge is 0.457 e. The summed E-state index contributed by atoms with van der Waals surface area (Å²) in [6, 6.07) is -4.55. The number of β-lactam (4-membered cyclic amide) rings is 2. The lowest BCUT2D eigenvalue weighted by Crippen LogP contribution is -2.74. The molecule has 6 atom stereocenters. The van der Waals surface area contributed by atoms with E-state index >= 15 is 0 Å². The topological polar surface area (TPSA) is 419 Å². The molecule has 4 aliphatic rings. The third-order valence-corrected chi connectivity index (χ3v) is 14.0. The number of esters is 2. The molecule has 6 rings (SSSR count). The zero-order valence-electron chi connectivity index (χ0n) is 51.9. The van der Waals surface area contributed by atoms with Gasteiger partial charge in [0.1, 0.15) is 58.1 Å². The Kier molecular flexibility index (Phi) is 21.5. The average Bonchev–Trinajstić information content (AvgIpc) is 0.759. The third kappa shape index (κ3) is 20.0. The molecule has 8 amide bonds. The Hall–Kier alpha value is -7.99. The Bertz CT molecular complexity index is 3210. The molecule has 0 spiro atoms. The zero-order chi connectivity index (χ0) is 66.6. The quantitative estimate of drug-likeness (QED) is 0.0291. The molecule has 2 unspecified atom stereocenters. The number of ether oxygens (including phenoxy) is 6. The second kappa shape index (κ2) is 26.8. The number of cyclic esters (lactones) is 2. The highest BCUT2D eigenvalue weighted by Crippen LogP contribution is 2.29. The van der Waals surface area contributed by atoms with Gasteiger partial charge in [-0.3, -0.25) is 34.4 Å². The fourth-order valence-electron chi connectivity index (χ4n) is 7.69. The number of hydrogen-bond acceptors (Lipinski definition) is 26. The third-order valence-electron chi connectivity index (χ3n) is 11.6. The minimum Gasteiger partial charge on any atom is -0.457 e. The van der Waals surface area contributed by atoms with Crippen molar-refractivity contribution >= 4 is 115 Å². The van der Waals surface area contributed by atoms with Gasteiger partial charge < -0.3 is 63.8 Å². The SMILES string of the molecule is CC1CN(C[C@@H]2[C@H](NC(=O)/C(=N\OC(C)(C)C(=O)OC(C)(C)C)c3csc(NC(=O)OC(C)(C)C)n3)C(=O)N2S(=O)(=O)O)C(=O)O1.CC1CN(C[C@H]2NC(=O)[C@H]2NC(=O)/C(=N\OC(C)(C)C(=O)OC(C)(C)C)c2csc(NC(=O)OC(C)(C)C)n2)C(=O)O1. The maximum atomic E-state index is 13.6. The number of carbonyl (C=O) groups is 10. The van der Waals surface area contributed by atoms with E-state index in [1.54, 1.807) is 96.9 Å². The van der Waals surface area contributed by atoms with Crippen LogP contribution in [0.3, 0.4) is 0 Å². The van der Waals surface area contributed by atoms with Crippen molar-refractivity contribution < 1.29 is 99.0 Å². The molecule has 4 saturated heterocycles. The normalized spacial score (nSPS) is 21.0. The molecule has 36 heteroatoms. The van der Waals surface area contributed by atoms with Gasteiger partial charge in [-0.15, -0.1) is 22.7 Å². The van der Waals surface area contributed by atoms with Crippen LogP contribution < -0.4 is 26.6 Å². The summed E-state index contributed by atoms with van der Waals surface area (Å²) < 4.78 is 65.0. The molecule has 0 aromatic carbocycles. The molecule has 4 aliphatic heterocycles. The standard InChI is InChI=1S/C26H38N6O12S2.C26H38N6O9S/c1-13-10-31(23(37)41-13)11-15-17(19(34)32(15)46(38,39)40)28-18(33)16(30-44-26(8,9)20(35)42-24(2,3)4)14-12-45-21(27-14)29-22(36)43-25(5,6)7;1-13-10-32(23(37)38-13)11-14-16(18(33)27-14)29-19(34)17(31-41-26(8,9)20(35)39-24(2,3)4)15-12-42-21(28-15)30-22(36)40-25(5,6)7/h12-13,15,17H,10-11H2,1-9H3,(H,28,33)(H,27,29,36)(H,38,39,40);12-14,16H,10-11H2,1-9H3,(H,27,33)(H,29,34)(H,28,30,36)/b30-16-;31-17-/t13?,15-,17+;13?,14-,16+/m11/s1. The van der Waals surface area contributed by atoms with Gasteiger partial charge in [0.05, 0.1) is 25.2 Å². The van der Waals surface area contributed by atoms with Crippen molar-refractivity contribution in [3.8, 4) is 0 Å². The van der Waals surface area contributed by atoms with E-state index in [1.165, 1.54) is 43.4 Å². The summed E-state index contributed by atoms with van der Waals surface area (Å²) in [5.74, 6) is -5.15. The van der Waals surface area contributed by atoms with Crippen LogP contribution in [0.15, 0.2) is 21.1 Å². The molecule has 88 heavy (non-hydrogen) atoms. The number of anilines is 2. The van der Waals surface area contributed by atoms with E-state index in [0.717, 1.165) is 27.6 Å². The van der Waals surface area contributed by atoms with Crippen LogP contribution in [0.5, 0.6) is 0 Å². The van der Waals surface area contributed by atoms with Crippen LogP contribution >= 0.6 is 22.7 Å². The smallest absolute Gasteiger partial charge is 0.413 e. The maximum Gasteiger partial charge on any atom is 0.413 e. The number of amides is 8. The fraction of sp³-hybridized carbons (Fsp3) is 0.654. The number of oxime groups is 2. The first-order valence-electron chi connectivity index (χ1n) is 27.2. The molecule has 6 heterocycles. The van der Waals surface area contributed by atoms with Crippen molar-refractivity contribution in [3.05, 3.63) is 22.1 Å². The number of rotatable bonds is 19. The molecule has 33 nitrogen and oxygen atoms in total. The Labute approximate surface area is 515 Å². The fourth-order valence-corrected chi connectivity index (χ4v) is 9.92. The van der Waals surface area contributed by atoms with E-state index in [2.05, 4.69) is 46.9 Å². The summed E-state index contributed by atoms with van der Waals surface area (Å²) in [5.41, 5.74) is -7.68. The summed E-state index contributed by atoms with van der Waals surface area (Å²) in [4.78, 5) is 148. The van der Waals surface area contributed by atoms with Crippen LogP contribution in [0.1, 0.15) is 136 Å². The van der Waals surface area contributed by atoms with E-state index in [9.17, 15) is 60.9 Å². The van der Waals surface area contributed by atoms with Crippen LogP contribution in [0.2, 0.25) is 0 Å². The summed E-state index contributed by atoms with van der Waals surface area (Å²) in [6.45, 7) is 29.1. The Balaban J connectivity index is 0.000000322. The predicted octanol–water partition coefficient (Wildman–Crippen LogP) is 3.83. The number of hydrogen-bond donors (Lipinski definition) is 6. The number of thiazole rings is 2. The maximum absolute atomic E-state index is 13.6. The molecule has 0 saturated carbocycles. The Morgan fingerprint density at radius 1 is 0.625 bits per heavy atom. The minimum absolute atomic E-state index is 0.00299. The highest BCUT2D eigenvalue weighted by atomic mass is 32.2. The zero-order valence-corrected chi connectivity index (χ0v) is 54.4. The van der Waals surface area contributed by atoms with Crippen molar-refractivity contribution in [2.45, 2.75) is 195 Å². The van der Waals surface area contributed by atoms with E-state index in [0.29, 0.717) is 6.54 Å². The lowest BCUT2D eigenvalue weighted by molar-refractivity contribution is -0.180. The predicted molar refractivity (Wildman–Crippen MR) is 312 cm³/mol. The van der Waals surface area contributed by atoms with Crippen molar-refractivity contribution in [1.82, 2.24) is 40.0 Å². The number of aromatic nitrogens is 2. The van der Waals surface area contributed by atoms with Gasteiger partial charge in [-0.2, -0.15) is 8.42 Å². The summed E-state index contributed by atoms with van der Waals surface area (Å²) in [6.07, 6.45) is -3.69. The molecule has 0 bridgehead atoms. The van der Waals surface area contributed by atoms with E-state index in [1.807, 2.05) is 0 Å². The molecule has 488 valence electrons. The molecular formula is C52H76N12O21S3. The van der Waals surface area contributed by atoms with Crippen molar-refractivity contribution in [1.29, 1.82) is 0 Å². The van der Waals surface area contributed by atoms with Gasteiger partial charge in [0, 0.05) is 23.8 Å². The number of nitrogens with one attached hydrogen (secondary N) is 5. The van der Waals surface area contributed by atoms with Crippen molar-refractivity contribution in [3.63, 3.8) is 0 Å². The van der Waals surface area contributed by atoms with Gasteiger partial charge in [-0.05, 0) is 125 Å². The van der Waals surface area contributed by atoms with Gasteiger partial charge in [-0.25, -0.2) is 43.0 Å². The van der Waals surface area contributed by atoms with Crippen LogP contribution in [0.4, 0.5) is 29.4 Å². The highest BCUT2D eigenvalue weighted by Gasteiger charge is 2.56. The monoisotopic (exact) mass is 1300 g/mol. The van der Waals surface area contributed by atoms with E-state index in [-0.39, 0.29) is 50.9 Å². The molecule has 4 fully saturated rings. The molecule has 2 aromatic rings. The van der Waals surface area contributed by atoms with Crippen LogP contribution in [-0.2, 0) is 77.2 Å². The second-order valence-corrected chi connectivity index (χ2v) is 28.3. The number of carbonyl (C=O) groups excluding carboxylic acids is 10. The summed E-state index contributed by atoms with van der Waals surface area (Å²) in [5, 5.41) is 23.2. The molecular weight excluding hydrogens is 1220 g/mol. The molecule has 6 N–H and O–H groups in total. The Morgan fingerprint density at radius 2 is 1.00 bits per heavy atom. The lowest BCUT2D eigenvalue weighted by Gasteiger charge is -2.45. The second-order valence-electron chi connectivity index (χ2n) is 25.3. The first-order valence-corrected chi connectivity index (χ1v) is 30.3. The summed E-state index contributed by atoms with van der Waals surface area (Å²) >= 11 is 1.88. The van der Waals surface area contributed by atoms with Crippen molar-refractivity contribution in [2.24, 2.45) is 10.3 Å².